The first-order valence-corrected chi connectivity index (χ1v) is 5.30. The Morgan fingerprint density at radius 3 is 2.88 bits per heavy atom. The highest BCUT2D eigenvalue weighted by Crippen LogP contribution is 2.17. The van der Waals surface area contributed by atoms with Gasteiger partial charge in [0.05, 0.1) is 11.4 Å². The van der Waals surface area contributed by atoms with Gasteiger partial charge in [-0.3, -0.25) is 0 Å². The zero-order valence-electron chi connectivity index (χ0n) is 8.38. The zero-order valence-corrected chi connectivity index (χ0v) is 9.97. The molecule has 0 aliphatic heterocycles. The van der Waals surface area contributed by atoms with Crippen LogP contribution in [0.2, 0.25) is 0 Å². The van der Waals surface area contributed by atoms with E-state index in [9.17, 15) is 4.79 Å². The van der Waals surface area contributed by atoms with E-state index in [4.69, 9.17) is 5.11 Å². The average Bonchev–Trinajstić information content (AvgIpc) is 2.60. The molecule has 1 heterocycles. The second-order valence-electron chi connectivity index (χ2n) is 3.22. The van der Waals surface area contributed by atoms with Crippen molar-refractivity contribution < 1.29 is 9.90 Å². The molecule has 1 N–H and O–H groups in total. The molecule has 82 valence electrons. The summed E-state index contributed by atoms with van der Waals surface area (Å²) in [4.78, 5) is 11.0. The molecule has 0 aliphatic rings. The highest BCUT2D eigenvalue weighted by atomic mass is 79.9. The Bertz CT molecular complexity index is 551. The largest absolute Gasteiger partial charge is 0.476 e. The second-order valence-corrected chi connectivity index (χ2v) is 4.14. The third-order valence-electron chi connectivity index (χ3n) is 2.09. The van der Waals surface area contributed by atoms with Crippen molar-refractivity contribution in [2.75, 3.05) is 0 Å². The van der Waals surface area contributed by atoms with Gasteiger partial charge in [-0.2, -0.15) is 0 Å². The van der Waals surface area contributed by atoms with Crippen LogP contribution in [0.5, 0.6) is 0 Å². The van der Waals surface area contributed by atoms with E-state index < -0.39 is 5.97 Å². The molecule has 0 atom stereocenters. The van der Waals surface area contributed by atoms with E-state index in [2.05, 4.69) is 26.2 Å². The Labute approximate surface area is 99.8 Å². The summed E-state index contributed by atoms with van der Waals surface area (Å²) in [6.45, 7) is 1.62. The summed E-state index contributed by atoms with van der Waals surface area (Å²) < 4.78 is 2.16. The Kier molecular flexibility index (Phi) is 2.74. The lowest BCUT2D eigenvalue weighted by atomic mass is 10.3. The van der Waals surface area contributed by atoms with Gasteiger partial charge in [-0.1, -0.05) is 27.2 Å². The summed E-state index contributed by atoms with van der Waals surface area (Å²) in [6, 6.07) is 7.21. The topological polar surface area (TPSA) is 68.0 Å². The maximum absolute atomic E-state index is 11.0. The number of nitrogens with zero attached hydrogens (tertiary/aromatic N) is 3. The third kappa shape index (κ3) is 1.83. The van der Waals surface area contributed by atoms with Crippen LogP contribution in [0.15, 0.2) is 28.7 Å². The molecule has 0 unspecified atom stereocenters. The van der Waals surface area contributed by atoms with E-state index in [1.807, 2.05) is 12.1 Å². The Morgan fingerprint density at radius 1 is 1.50 bits per heavy atom. The van der Waals surface area contributed by atoms with Crippen LogP contribution in [0.4, 0.5) is 0 Å². The van der Waals surface area contributed by atoms with Gasteiger partial charge in [0.1, 0.15) is 0 Å². The van der Waals surface area contributed by atoms with E-state index in [0.29, 0.717) is 11.4 Å². The second kappa shape index (κ2) is 4.05. The lowest BCUT2D eigenvalue weighted by Crippen LogP contribution is -2.09. The number of hydrogen-bond acceptors (Lipinski definition) is 3. The van der Waals surface area contributed by atoms with Crippen LogP contribution in [-0.4, -0.2) is 26.1 Å². The maximum atomic E-state index is 11.0. The molecule has 0 bridgehead atoms. The van der Waals surface area contributed by atoms with E-state index in [0.717, 1.165) is 4.47 Å². The first kappa shape index (κ1) is 10.8. The van der Waals surface area contributed by atoms with Gasteiger partial charge in [0, 0.05) is 4.47 Å². The number of aryl methyl sites for hydroxylation is 1. The molecule has 1 aromatic carbocycles. The van der Waals surface area contributed by atoms with Gasteiger partial charge in [0.25, 0.3) is 0 Å². The molecule has 0 saturated heterocycles. The van der Waals surface area contributed by atoms with Crippen LogP contribution < -0.4 is 0 Å². The van der Waals surface area contributed by atoms with Crippen LogP contribution >= 0.6 is 15.9 Å². The summed E-state index contributed by atoms with van der Waals surface area (Å²) in [6.07, 6.45) is 0. The van der Waals surface area contributed by atoms with Crippen LogP contribution in [0, 0.1) is 6.92 Å². The molecule has 1 aromatic heterocycles. The molecule has 0 fully saturated rings. The van der Waals surface area contributed by atoms with Crippen molar-refractivity contribution in [1.29, 1.82) is 0 Å². The summed E-state index contributed by atoms with van der Waals surface area (Å²) >= 11 is 3.32. The summed E-state index contributed by atoms with van der Waals surface area (Å²) in [5.41, 5.74) is 1.14. The van der Waals surface area contributed by atoms with Gasteiger partial charge in [-0.05, 0) is 25.1 Å². The fraction of sp³-hybridized carbons (Fsp3) is 0.100. The van der Waals surface area contributed by atoms with Gasteiger partial charge in [0.2, 0.25) is 0 Å². The van der Waals surface area contributed by atoms with Crippen molar-refractivity contribution in [3.05, 3.63) is 40.1 Å². The smallest absolute Gasteiger partial charge is 0.356 e. The zero-order chi connectivity index (χ0) is 11.7. The molecule has 0 saturated carbocycles. The molecule has 5 nitrogen and oxygen atoms in total. The molecular weight excluding hydrogens is 274 g/mol. The Balaban J connectivity index is 2.60. The molecule has 2 rings (SSSR count). The normalized spacial score (nSPS) is 10.4. The van der Waals surface area contributed by atoms with Crippen LogP contribution in [0.3, 0.4) is 0 Å². The first-order chi connectivity index (χ1) is 7.59. The lowest BCUT2D eigenvalue weighted by molar-refractivity contribution is 0.0686. The molecule has 0 spiro atoms. The van der Waals surface area contributed by atoms with Crippen molar-refractivity contribution in [3.8, 4) is 5.69 Å². The number of aromatic nitrogens is 3. The number of carbonyl (C=O) groups is 1. The number of carboxylic acid groups (broad SMARTS) is 1. The molecule has 2 aromatic rings. The monoisotopic (exact) mass is 281 g/mol. The van der Waals surface area contributed by atoms with Crippen LogP contribution in [0.25, 0.3) is 5.69 Å². The van der Waals surface area contributed by atoms with E-state index >= 15 is 0 Å². The van der Waals surface area contributed by atoms with Crippen LogP contribution in [0.1, 0.15) is 16.2 Å². The third-order valence-corrected chi connectivity index (χ3v) is 2.59. The highest BCUT2D eigenvalue weighted by Gasteiger charge is 2.17. The molecule has 0 radical (unpaired) electrons. The standard InChI is InChI=1S/C10H8BrN3O2/c1-6-9(10(15)16)14(13-12-6)8-4-2-3-7(11)5-8/h2-5H,1H3,(H,15,16). The lowest BCUT2D eigenvalue weighted by Gasteiger charge is -2.03. The Hall–Kier alpha value is -1.69. The van der Waals surface area contributed by atoms with Crippen molar-refractivity contribution in [1.82, 2.24) is 15.0 Å². The summed E-state index contributed by atoms with van der Waals surface area (Å²) in [5.74, 6) is -1.04. The number of aromatic carboxylic acids is 1. The summed E-state index contributed by atoms with van der Waals surface area (Å²) in [7, 11) is 0. The Morgan fingerprint density at radius 2 is 2.25 bits per heavy atom. The molecule has 6 heteroatoms. The highest BCUT2D eigenvalue weighted by molar-refractivity contribution is 9.10. The average molecular weight is 282 g/mol. The van der Waals surface area contributed by atoms with Crippen molar-refractivity contribution >= 4 is 21.9 Å². The quantitative estimate of drug-likeness (QED) is 0.915. The van der Waals surface area contributed by atoms with Gasteiger partial charge in [0.15, 0.2) is 5.69 Å². The van der Waals surface area contributed by atoms with Gasteiger partial charge in [-0.15, -0.1) is 5.10 Å². The van der Waals surface area contributed by atoms with Gasteiger partial charge >= 0.3 is 5.97 Å². The van der Waals surface area contributed by atoms with Gasteiger partial charge in [-0.25, -0.2) is 9.48 Å². The summed E-state index contributed by atoms with van der Waals surface area (Å²) in [5, 5.41) is 16.6. The predicted molar refractivity (Wildman–Crippen MR) is 60.8 cm³/mol. The maximum Gasteiger partial charge on any atom is 0.356 e. The minimum atomic E-state index is -1.04. The van der Waals surface area contributed by atoms with Crippen LogP contribution in [-0.2, 0) is 0 Å². The minimum absolute atomic E-state index is 0.0816. The molecule has 0 amide bonds. The van der Waals surface area contributed by atoms with Gasteiger partial charge < -0.3 is 5.11 Å². The first-order valence-electron chi connectivity index (χ1n) is 4.51. The molecular formula is C10H8BrN3O2. The SMILES string of the molecule is Cc1nnn(-c2cccc(Br)c2)c1C(=O)O. The number of carboxylic acids is 1. The number of rotatable bonds is 2. The number of halogens is 1. The number of hydrogen-bond donors (Lipinski definition) is 1. The molecule has 0 aliphatic carbocycles. The fourth-order valence-electron chi connectivity index (χ4n) is 1.39. The van der Waals surface area contributed by atoms with E-state index in [1.54, 1.807) is 19.1 Å². The van der Waals surface area contributed by atoms with E-state index in [-0.39, 0.29) is 5.69 Å². The van der Waals surface area contributed by atoms with Crippen molar-refractivity contribution in [3.63, 3.8) is 0 Å². The van der Waals surface area contributed by atoms with Crippen molar-refractivity contribution in [2.45, 2.75) is 6.92 Å². The molecule has 16 heavy (non-hydrogen) atoms. The van der Waals surface area contributed by atoms with Crippen molar-refractivity contribution in [2.24, 2.45) is 0 Å². The minimum Gasteiger partial charge on any atom is -0.476 e. The fourth-order valence-corrected chi connectivity index (χ4v) is 1.78. The van der Waals surface area contributed by atoms with E-state index in [1.165, 1.54) is 4.68 Å². The number of benzene rings is 1. The predicted octanol–water partition coefficient (Wildman–Crippen LogP) is 2.04.